The van der Waals surface area contributed by atoms with Crippen LogP contribution >= 0.6 is 27.5 Å². The van der Waals surface area contributed by atoms with Gasteiger partial charge < -0.3 is 0 Å². The first kappa shape index (κ1) is 12.4. The van der Waals surface area contributed by atoms with Crippen molar-refractivity contribution in [3.63, 3.8) is 0 Å². The zero-order valence-corrected chi connectivity index (χ0v) is 11.7. The van der Waals surface area contributed by atoms with Gasteiger partial charge in [0, 0.05) is 6.20 Å². The molecule has 88 valence electrons. The molecule has 0 unspecified atom stereocenters. The van der Waals surface area contributed by atoms with E-state index in [1.807, 2.05) is 13.8 Å². The van der Waals surface area contributed by atoms with Gasteiger partial charge in [-0.15, -0.1) is 0 Å². The molecule has 0 saturated heterocycles. The van der Waals surface area contributed by atoms with E-state index in [0.29, 0.717) is 22.5 Å². The molecule has 0 aliphatic carbocycles. The molecule has 2 aromatic heterocycles. The molecule has 0 aliphatic rings. The minimum Gasteiger partial charge on any atom is -0.242 e. The molecule has 2 heterocycles. The van der Waals surface area contributed by atoms with Crippen molar-refractivity contribution < 1.29 is 0 Å². The van der Waals surface area contributed by atoms with Gasteiger partial charge in [-0.3, -0.25) is 0 Å². The lowest BCUT2D eigenvalue weighted by Crippen LogP contribution is -2.00. The molecule has 0 saturated carbocycles. The monoisotopic (exact) mass is 312 g/mol. The first-order valence-electron chi connectivity index (χ1n) is 5.13. The molecule has 0 fully saturated rings. The predicted molar refractivity (Wildman–Crippen MR) is 69.9 cm³/mol. The van der Waals surface area contributed by atoms with Crippen molar-refractivity contribution in [1.29, 1.82) is 0 Å². The number of aromatic nitrogens is 4. The summed E-state index contributed by atoms with van der Waals surface area (Å²) in [5, 5.41) is 0.406. The summed E-state index contributed by atoms with van der Waals surface area (Å²) in [6.07, 6.45) is 2.46. The normalized spacial score (nSPS) is 10.6. The van der Waals surface area contributed by atoms with E-state index in [0.717, 1.165) is 16.6 Å². The fraction of sp³-hybridized carbons (Fsp3) is 0.273. The molecule has 0 amide bonds. The maximum atomic E-state index is 6.05. The number of halogens is 2. The molecule has 2 aromatic rings. The number of nitrogens with zero attached hydrogens (tertiary/aromatic N) is 4. The fourth-order valence-electron chi connectivity index (χ4n) is 1.39. The Morgan fingerprint density at radius 1 is 1.29 bits per heavy atom. The minimum atomic E-state index is 0.406. The summed E-state index contributed by atoms with van der Waals surface area (Å²) in [5.74, 6) is 1.21. The van der Waals surface area contributed by atoms with Crippen LogP contribution in [-0.2, 0) is 6.42 Å². The van der Waals surface area contributed by atoms with E-state index >= 15 is 0 Å². The van der Waals surface area contributed by atoms with Gasteiger partial charge in [0.25, 0.3) is 0 Å². The van der Waals surface area contributed by atoms with Crippen molar-refractivity contribution in [2.45, 2.75) is 20.3 Å². The lowest BCUT2D eigenvalue weighted by Gasteiger charge is -2.06. The third-order valence-electron chi connectivity index (χ3n) is 2.22. The number of hydrogen-bond donors (Lipinski definition) is 0. The summed E-state index contributed by atoms with van der Waals surface area (Å²) in [5.41, 5.74) is 1.55. The van der Waals surface area contributed by atoms with Crippen LogP contribution in [0.5, 0.6) is 0 Å². The molecule has 6 heteroatoms. The number of hydrogen-bond acceptors (Lipinski definition) is 4. The maximum Gasteiger partial charge on any atom is 0.180 e. The summed E-state index contributed by atoms with van der Waals surface area (Å²) >= 11 is 9.42. The topological polar surface area (TPSA) is 51.6 Å². The third kappa shape index (κ3) is 2.61. The van der Waals surface area contributed by atoms with Crippen molar-refractivity contribution in [1.82, 2.24) is 19.9 Å². The molecule has 2 rings (SSSR count). The quantitative estimate of drug-likeness (QED) is 0.799. The van der Waals surface area contributed by atoms with Gasteiger partial charge in [-0.2, -0.15) is 0 Å². The lowest BCUT2D eigenvalue weighted by atomic mass is 10.3. The minimum absolute atomic E-state index is 0.406. The second-order valence-electron chi connectivity index (χ2n) is 3.44. The van der Waals surface area contributed by atoms with E-state index in [1.165, 1.54) is 0 Å². The van der Waals surface area contributed by atoms with Gasteiger partial charge in [-0.25, -0.2) is 19.9 Å². The number of aryl methyl sites for hydroxylation is 2. The van der Waals surface area contributed by atoms with Crippen molar-refractivity contribution >= 4 is 27.5 Å². The van der Waals surface area contributed by atoms with Gasteiger partial charge in [0.05, 0.1) is 10.2 Å². The molecule has 17 heavy (non-hydrogen) atoms. The highest BCUT2D eigenvalue weighted by molar-refractivity contribution is 9.10. The largest absolute Gasteiger partial charge is 0.242 e. The number of rotatable bonds is 2. The molecule has 4 nitrogen and oxygen atoms in total. The van der Waals surface area contributed by atoms with Crippen LogP contribution in [0, 0.1) is 6.92 Å². The van der Waals surface area contributed by atoms with Crippen LogP contribution in [0.25, 0.3) is 11.5 Å². The highest BCUT2D eigenvalue weighted by atomic mass is 79.9. The van der Waals surface area contributed by atoms with Crippen molar-refractivity contribution in [3.8, 4) is 11.5 Å². The summed E-state index contributed by atoms with van der Waals surface area (Å²) in [6, 6.07) is 1.77. The third-order valence-corrected chi connectivity index (χ3v) is 3.55. The molecule has 0 radical (unpaired) electrons. The smallest absolute Gasteiger partial charge is 0.180 e. The molecule has 0 atom stereocenters. The molecular weight excluding hydrogens is 304 g/mol. The Kier molecular flexibility index (Phi) is 3.69. The SMILES string of the molecule is CCc1nc(-c2ccnc(C)n2)nc(Cl)c1Br. The van der Waals surface area contributed by atoms with Crippen LogP contribution in [0.1, 0.15) is 18.4 Å². The van der Waals surface area contributed by atoms with E-state index in [1.54, 1.807) is 12.3 Å². The van der Waals surface area contributed by atoms with Crippen molar-refractivity contribution in [3.05, 3.63) is 33.4 Å². The van der Waals surface area contributed by atoms with Crippen LogP contribution in [-0.4, -0.2) is 19.9 Å². The summed E-state index contributed by atoms with van der Waals surface area (Å²) < 4.78 is 0.746. The van der Waals surface area contributed by atoms with E-state index in [4.69, 9.17) is 11.6 Å². The molecule has 0 spiro atoms. The Morgan fingerprint density at radius 2 is 2.06 bits per heavy atom. The van der Waals surface area contributed by atoms with Crippen LogP contribution in [0.3, 0.4) is 0 Å². The van der Waals surface area contributed by atoms with Crippen LogP contribution in [0.2, 0.25) is 5.15 Å². The van der Waals surface area contributed by atoms with Crippen molar-refractivity contribution in [2.75, 3.05) is 0 Å². The summed E-state index contributed by atoms with van der Waals surface area (Å²) in [6.45, 7) is 3.84. The zero-order chi connectivity index (χ0) is 12.4. The first-order chi connectivity index (χ1) is 8.11. The van der Waals surface area contributed by atoms with Gasteiger partial charge >= 0.3 is 0 Å². The van der Waals surface area contributed by atoms with Gasteiger partial charge in [0.1, 0.15) is 16.7 Å². The molecule has 0 aromatic carbocycles. The van der Waals surface area contributed by atoms with Gasteiger partial charge in [-0.05, 0) is 35.3 Å². The average molecular weight is 314 g/mol. The van der Waals surface area contributed by atoms with E-state index in [9.17, 15) is 0 Å². The van der Waals surface area contributed by atoms with Crippen LogP contribution in [0.15, 0.2) is 16.7 Å². The predicted octanol–water partition coefficient (Wildman–Crippen LogP) is 3.22. The Labute approximate surface area is 113 Å². The fourth-order valence-corrected chi connectivity index (χ4v) is 2.04. The van der Waals surface area contributed by atoms with Gasteiger partial charge in [-0.1, -0.05) is 18.5 Å². The molecule has 0 N–H and O–H groups in total. The summed E-state index contributed by atoms with van der Waals surface area (Å²) in [7, 11) is 0. The summed E-state index contributed by atoms with van der Waals surface area (Å²) in [4.78, 5) is 17.0. The Morgan fingerprint density at radius 3 is 2.71 bits per heavy atom. The Hall–Kier alpha value is -1.07. The standard InChI is InChI=1S/C11H10BrClN4/c1-3-7-9(12)10(13)17-11(16-7)8-4-5-14-6(2)15-8/h4-5H,3H2,1-2H3. The highest BCUT2D eigenvalue weighted by Gasteiger charge is 2.11. The van der Waals surface area contributed by atoms with Crippen molar-refractivity contribution in [2.24, 2.45) is 0 Å². The first-order valence-corrected chi connectivity index (χ1v) is 6.31. The maximum absolute atomic E-state index is 6.05. The Balaban J connectivity index is 2.56. The van der Waals surface area contributed by atoms with E-state index < -0.39 is 0 Å². The van der Waals surface area contributed by atoms with Crippen LogP contribution < -0.4 is 0 Å². The second kappa shape index (κ2) is 5.06. The second-order valence-corrected chi connectivity index (χ2v) is 4.59. The Bertz CT molecular complexity index is 559. The highest BCUT2D eigenvalue weighted by Crippen LogP contribution is 2.26. The zero-order valence-electron chi connectivity index (χ0n) is 9.41. The molecule has 0 bridgehead atoms. The van der Waals surface area contributed by atoms with Crippen LogP contribution in [0.4, 0.5) is 0 Å². The van der Waals surface area contributed by atoms with Gasteiger partial charge in [0.2, 0.25) is 0 Å². The molecule has 0 aliphatic heterocycles. The van der Waals surface area contributed by atoms with Gasteiger partial charge in [0.15, 0.2) is 5.82 Å². The lowest BCUT2D eigenvalue weighted by molar-refractivity contribution is 0.971. The average Bonchev–Trinajstić information content (AvgIpc) is 2.32. The molecular formula is C11H10BrClN4. The van der Waals surface area contributed by atoms with E-state index in [-0.39, 0.29) is 0 Å². The van der Waals surface area contributed by atoms with E-state index in [2.05, 4.69) is 35.9 Å².